The van der Waals surface area contributed by atoms with E-state index >= 15 is 0 Å². The molecule has 38 heavy (non-hydrogen) atoms. The monoisotopic (exact) mass is 508 g/mol. The first-order valence-corrected chi connectivity index (χ1v) is 12.9. The highest BCUT2D eigenvalue weighted by molar-refractivity contribution is 6.07. The largest absolute Gasteiger partial charge is 0.369 e. The molecule has 2 amide bonds. The van der Waals surface area contributed by atoms with Gasteiger partial charge in [0.15, 0.2) is 0 Å². The van der Waals surface area contributed by atoms with E-state index in [2.05, 4.69) is 45.1 Å². The Balaban J connectivity index is 1.12. The van der Waals surface area contributed by atoms with Crippen molar-refractivity contribution >= 4 is 34.9 Å². The zero-order valence-electron chi connectivity index (χ0n) is 21.6. The van der Waals surface area contributed by atoms with E-state index < -0.39 is 0 Å². The van der Waals surface area contributed by atoms with Gasteiger partial charge >= 0.3 is 0 Å². The number of amides is 2. The van der Waals surface area contributed by atoms with E-state index in [4.69, 9.17) is 0 Å². The Kier molecular flexibility index (Phi) is 7.49. The lowest BCUT2D eigenvalue weighted by Crippen LogP contribution is -2.28. The van der Waals surface area contributed by atoms with Crippen LogP contribution in [-0.4, -0.2) is 48.7 Å². The van der Waals surface area contributed by atoms with Crippen molar-refractivity contribution in [2.24, 2.45) is 9.98 Å². The average molecular weight is 509 g/mol. The first-order valence-electron chi connectivity index (χ1n) is 12.9. The van der Waals surface area contributed by atoms with E-state index in [0.717, 1.165) is 48.7 Å². The minimum atomic E-state index is -0.230. The maximum atomic E-state index is 12.7. The van der Waals surface area contributed by atoms with Crippen molar-refractivity contribution < 1.29 is 9.59 Å². The standard InChI is InChI=1S/C30H32N6O2/c1-19-17-31-27(33-19)15-21-3-11-25(12-4-21)35-29(37)23-7-9-24(10-8-23)30(38)36-26-13-5-22(6-14-26)16-28-32-18-20(2)34-28/h3-14,19-20H,15-18H2,1-2H3,(H,31,33)(H,32,34)(H,35,37)(H,36,38)/t19-,20-/m0/s1. The molecule has 0 bridgehead atoms. The number of hydrogen-bond donors (Lipinski definition) is 4. The number of rotatable bonds is 8. The van der Waals surface area contributed by atoms with Crippen molar-refractivity contribution in [1.82, 2.24) is 10.6 Å². The molecule has 0 fully saturated rings. The van der Waals surface area contributed by atoms with Gasteiger partial charge in [0.1, 0.15) is 11.7 Å². The van der Waals surface area contributed by atoms with Crippen LogP contribution in [0.15, 0.2) is 82.8 Å². The quantitative estimate of drug-likeness (QED) is 0.368. The molecule has 2 heterocycles. The number of nitrogens with one attached hydrogen (secondary N) is 4. The zero-order chi connectivity index (χ0) is 26.5. The Morgan fingerprint density at radius 2 is 1.03 bits per heavy atom. The number of carbonyl (C=O) groups is 2. The van der Waals surface area contributed by atoms with Gasteiger partial charge in [-0.1, -0.05) is 24.3 Å². The van der Waals surface area contributed by atoms with Gasteiger partial charge in [0.2, 0.25) is 0 Å². The summed E-state index contributed by atoms with van der Waals surface area (Å²) in [5.74, 6) is 1.54. The van der Waals surface area contributed by atoms with Gasteiger partial charge in [-0.15, -0.1) is 0 Å². The van der Waals surface area contributed by atoms with Gasteiger partial charge in [0.25, 0.3) is 11.8 Å². The first kappa shape index (κ1) is 25.2. The van der Waals surface area contributed by atoms with Crippen LogP contribution in [0.25, 0.3) is 0 Å². The lowest BCUT2D eigenvalue weighted by Gasteiger charge is -2.10. The molecule has 0 aromatic heterocycles. The topological polar surface area (TPSA) is 107 Å². The normalized spacial score (nSPS) is 18.2. The van der Waals surface area contributed by atoms with Gasteiger partial charge in [-0.25, -0.2) is 0 Å². The molecular weight excluding hydrogens is 476 g/mol. The predicted octanol–water partition coefficient (Wildman–Crippen LogP) is 4.06. The summed E-state index contributed by atoms with van der Waals surface area (Å²) in [5, 5.41) is 12.5. The molecule has 0 unspecified atom stereocenters. The summed E-state index contributed by atoms with van der Waals surface area (Å²) in [6, 6.07) is 22.9. The Labute approximate surface area is 222 Å². The highest BCUT2D eigenvalue weighted by Gasteiger charge is 2.14. The number of hydrogen-bond acceptors (Lipinski definition) is 6. The van der Waals surface area contributed by atoms with Crippen molar-refractivity contribution in [3.8, 4) is 0 Å². The van der Waals surface area contributed by atoms with Crippen molar-refractivity contribution in [2.75, 3.05) is 23.7 Å². The molecule has 2 aliphatic heterocycles. The summed E-state index contributed by atoms with van der Waals surface area (Å²) in [6.45, 7) is 5.84. The van der Waals surface area contributed by atoms with Gasteiger partial charge in [-0.3, -0.25) is 19.6 Å². The number of aliphatic imine (C=N–C) groups is 2. The van der Waals surface area contributed by atoms with Crippen molar-refractivity contribution in [3.63, 3.8) is 0 Å². The molecule has 194 valence electrons. The van der Waals surface area contributed by atoms with Gasteiger partial charge in [-0.05, 0) is 73.5 Å². The number of nitrogens with zero attached hydrogens (tertiary/aromatic N) is 2. The van der Waals surface area contributed by atoms with Crippen LogP contribution in [0, 0.1) is 0 Å². The minimum absolute atomic E-state index is 0.230. The second-order valence-corrected chi connectivity index (χ2v) is 9.90. The maximum Gasteiger partial charge on any atom is 0.255 e. The summed E-state index contributed by atoms with van der Waals surface area (Å²) in [7, 11) is 0. The Bertz CT molecular complexity index is 1250. The molecule has 5 rings (SSSR count). The van der Waals surface area contributed by atoms with E-state index in [0.29, 0.717) is 34.6 Å². The van der Waals surface area contributed by atoms with Gasteiger partial charge < -0.3 is 21.3 Å². The third-order valence-electron chi connectivity index (χ3n) is 6.51. The fourth-order valence-electron chi connectivity index (χ4n) is 4.44. The second-order valence-electron chi connectivity index (χ2n) is 9.90. The van der Waals surface area contributed by atoms with Crippen molar-refractivity contribution in [2.45, 2.75) is 38.8 Å². The van der Waals surface area contributed by atoms with Crippen LogP contribution in [0.1, 0.15) is 45.7 Å². The van der Waals surface area contributed by atoms with E-state index in [1.54, 1.807) is 24.3 Å². The van der Waals surface area contributed by atoms with E-state index in [1.807, 2.05) is 48.5 Å². The molecule has 8 heteroatoms. The number of carbonyl (C=O) groups excluding carboxylic acids is 2. The molecule has 0 saturated heterocycles. The third kappa shape index (κ3) is 6.45. The fraction of sp³-hybridized carbons (Fsp3) is 0.267. The number of anilines is 2. The maximum absolute atomic E-state index is 12.7. The van der Waals surface area contributed by atoms with Crippen LogP contribution in [-0.2, 0) is 12.8 Å². The van der Waals surface area contributed by atoms with Crippen LogP contribution < -0.4 is 21.3 Å². The molecular formula is C30H32N6O2. The summed E-state index contributed by atoms with van der Waals surface area (Å²) in [5.41, 5.74) is 4.64. The van der Waals surface area contributed by atoms with E-state index in [-0.39, 0.29) is 11.8 Å². The van der Waals surface area contributed by atoms with Crippen LogP contribution >= 0.6 is 0 Å². The smallest absolute Gasteiger partial charge is 0.255 e. The third-order valence-corrected chi connectivity index (χ3v) is 6.51. The lowest BCUT2D eigenvalue weighted by molar-refractivity contribution is 0.101. The zero-order valence-corrected chi connectivity index (χ0v) is 21.6. The van der Waals surface area contributed by atoms with Crippen LogP contribution in [0.3, 0.4) is 0 Å². The van der Waals surface area contributed by atoms with Gasteiger partial charge in [-0.2, -0.15) is 0 Å². The molecule has 0 spiro atoms. The molecule has 0 aliphatic carbocycles. The summed E-state index contributed by atoms with van der Waals surface area (Å²) in [6.07, 6.45) is 1.50. The SMILES string of the molecule is C[C@H]1CN=C(Cc2ccc(NC(=O)c3ccc(C(=O)Nc4ccc(CC5=NC[C@H](C)N5)cc4)cc3)cc2)N1. The Morgan fingerprint density at radius 1 is 0.658 bits per heavy atom. The fourth-order valence-corrected chi connectivity index (χ4v) is 4.44. The van der Waals surface area contributed by atoms with Crippen LogP contribution in [0.5, 0.6) is 0 Å². The highest BCUT2D eigenvalue weighted by atomic mass is 16.2. The van der Waals surface area contributed by atoms with Crippen molar-refractivity contribution in [3.05, 3.63) is 95.1 Å². The number of benzene rings is 3. The van der Waals surface area contributed by atoms with E-state index in [9.17, 15) is 9.59 Å². The van der Waals surface area contributed by atoms with Crippen LogP contribution in [0.2, 0.25) is 0 Å². The molecule has 2 aliphatic rings. The summed E-state index contributed by atoms with van der Waals surface area (Å²) >= 11 is 0. The summed E-state index contributed by atoms with van der Waals surface area (Å²) < 4.78 is 0. The molecule has 3 aromatic rings. The molecule has 8 nitrogen and oxygen atoms in total. The highest BCUT2D eigenvalue weighted by Crippen LogP contribution is 2.16. The molecule has 0 radical (unpaired) electrons. The van der Waals surface area contributed by atoms with Crippen molar-refractivity contribution in [1.29, 1.82) is 0 Å². The Hall–Kier alpha value is -4.46. The molecule has 0 saturated carbocycles. The van der Waals surface area contributed by atoms with Crippen LogP contribution in [0.4, 0.5) is 11.4 Å². The first-order chi connectivity index (χ1) is 18.4. The molecule has 4 N–H and O–H groups in total. The van der Waals surface area contributed by atoms with Gasteiger partial charge in [0, 0.05) is 47.4 Å². The predicted molar refractivity (Wildman–Crippen MR) is 152 cm³/mol. The lowest BCUT2D eigenvalue weighted by atomic mass is 10.1. The van der Waals surface area contributed by atoms with Gasteiger partial charge in [0.05, 0.1) is 13.1 Å². The minimum Gasteiger partial charge on any atom is -0.369 e. The second kappa shape index (κ2) is 11.3. The average Bonchev–Trinajstić information content (AvgIpc) is 3.53. The Morgan fingerprint density at radius 3 is 1.34 bits per heavy atom. The molecule has 2 atom stereocenters. The van der Waals surface area contributed by atoms with E-state index in [1.165, 1.54) is 0 Å². The summed E-state index contributed by atoms with van der Waals surface area (Å²) in [4.78, 5) is 34.4. The number of amidine groups is 2. The molecule has 3 aromatic carbocycles.